The van der Waals surface area contributed by atoms with Crippen molar-refractivity contribution in [2.75, 3.05) is 0 Å². The van der Waals surface area contributed by atoms with Gasteiger partial charge in [0.1, 0.15) is 18.2 Å². The molecule has 3 nitrogen and oxygen atoms in total. The number of aromatic nitrogens is 2. The van der Waals surface area contributed by atoms with Crippen LogP contribution in [0.5, 0.6) is 0 Å². The molecule has 3 heteroatoms. The second-order valence-electron chi connectivity index (χ2n) is 5.66. The third-order valence-electron chi connectivity index (χ3n) is 4.19. The fraction of sp³-hybridized carbons (Fsp3) is 0.158. The summed E-state index contributed by atoms with van der Waals surface area (Å²) in [5.74, 6) is 0. The number of furan rings is 1. The zero-order valence-corrected chi connectivity index (χ0v) is 12.9. The summed E-state index contributed by atoms with van der Waals surface area (Å²) in [5.41, 5.74) is 6.02. The molecular formula is C19H17N2O+. The highest BCUT2D eigenvalue weighted by Gasteiger charge is 2.22. The van der Waals surface area contributed by atoms with E-state index in [0.717, 1.165) is 44.6 Å². The number of para-hydroxylation sites is 1. The molecule has 0 saturated carbocycles. The first-order valence-electron chi connectivity index (χ1n) is 7.40. The highest BCUT2D eigenvalue weighted by Crippen LogP contribution is 2.37. The Labute approximate surface area is 128 Å². The van der Waals surface area contributed by atoms with E-state index in [4.69, 9.17) is 9.40 Å². The van der Waals surface area contributed by atoms with Crippen molar-refractivity contribution in [2.45, 2.75) is 13.8 Å². The van der Waals surface area contributed by atoms with Crippen LogP contribution < -0.4 is 4.57 Å². The first-order chi connectivity index (χ1) is 10.7. The Balaban J connectivity index is 2.22. The van der Waals surface area contributed by atoms with Crippen molar-refractivity contribution in [1.29, 1.82) is 0 Å². The van der Waals surface area contributed by atoms with E-state index in [1.807, 2.05) is 57.4 Å². The Bertz CT molecular complexity index is 1010. The van der Waals surface area contributed by atoms with Gasteiger partial charge in [-0.05, 0) is 26.0 Å². The molecule has 0 atom stereocenters. The lowest BCUT2D eigenvalue weighted by atomic mass is 10.0. The second-order valence-corrected chi connectivity index (χ2v) is 5.66. The number of hydrogen-bond donors (Lipinski definition) is 0. The largest absolute Gasteiger partial charge is 0.455 e. The molecule has 4 aromatic rings. The summed E-state index contributed by atoms with van der Waals surface area (Å²) >= 11 is 0. The maximum Gasteiger partial charge on any atom is 0.217 e. The standard InChI is InChI=1S/C19H17N2O/c1-12-17-14-8-4-5-10-16(14)22-19(17)18(13(2)20-12)15-9-6-7-11-21(15)3/h4-11H,1-3H3/q+1. The highest BCUT2D eigenvalue weighted by molar-refractivity contribution is 6.10. The third kappa shape index (κ3) is 1.75. The molecule has 108 valence electrons. The smallest absolute Gasteiger partial charge is 0.217 e. The molecule has 0 fully saturated rings. The maximum absolute atomic E-state index is 6.20. The van der Waals surface area contributed by atoms with Crippen LogP contribution in [0.2, 0.25) is 0 Å². The summed E-state index contributed by atoms with van der Waals surface area (Å²) < 4.78 is 8.30. The predicted molar refractivity (Wildman–Crippen MR) is 87.6 cm³/mol. The molecule has 22 heavy (non-hydrogen) atoms. The van der Waals surface area contributed by atoms with Gasteiger partial charge in [0.15, 0.2) is 11.8 Å². The van der Waals surface area contributed by atoms with Gasteiger partial charge in [-0.15, -0.1) is 0 Å². The molecule has 0 aliphatic heterocycles. The van der Waals surface area contributed by atoms with E-state index in [2.05, 4.69) is 16.7 Å². The van der Waals surface area contributed by atoms with E-state index in [1.54, 1.807) is 0 Å². The monoisotopic (exact) mass is 289 g/mol. The first kappa shape index (κ1) is 13.0. The molecule has 3 heterocycles. The number of aryl methyl sites for hydroxylation is 3. The van der Waals surface area contributed by atoms with Gasteiger partial charge in [-0.25, -0.2) is 4.57 Å². The molecule has 4 rings (SSSR count). The topological polar surface area (TPSA) is 29.9 Å². The summed E-state index contributed by atoms with van der Waals surface area (Å²) in [5, 5.41) is 2.24. The number of nitrogens with zero attached hydrogens (tertiary/aromatic N) is 2. The van der Waals surface area contributed by atoms with Crippen molar-refractivity contribution in [3.05, 3.63) is 60.0 Å². The van der Waals surface area contributed by atoms with Gasteiger partial charge in [-0.1, -0.05) is 18.2 Å². The summed E-state index contributed by atoms with van der Waals surface area (Å²) in [4.78, 5) is 4.77. The fourth-order valence-electron chi connectivity index (χ4n) is 3.19. The molecule has 0 bridgehead atoms. The lowest BCUT2D eigenvalue weighted by molar-refractivity contribution is -0.660. The number of fused-ring (bicyclic) bond motifs is 3. The molecule has 0 aliphatic carbocycles. The van der Waals surface area contributed by atoms with E-state index >= 15 is 0 Å². The third-order valence-corrected chi connectivity index (χ3v) is 4.19. The second kappa shape index (κ2) is 4.67. The molecular weight excluding hydrogens is 272 g/mol. The van der Waals surface area contributed by atoms with E-state index in [-0.39, 0.29) is 0 Å². The molecule has 0 radical (unpaired) electrons. The first-order valence-corrected chi connectivity index (χ1v) is 7.40. The minimum atomic E-state index is 0.910. The zero-order valence-electron chi connectivity index (χ0n) is 12.9. The average Bonchev–Trinajstić information content (AvgIpc) is 2.88. The van der Waals surface area contributed by atoms with E-state index in [1.165, 1.54) is 0 Å². The quantitative estimate of drug-likeness (QED) is 0.494. The van der Waals surface area contributed by atoms with Crippen LogP contribution in [0.3, 0.4) is 0 Å². The lowest BCUT2D eigenvalue weighted by Crippen LogP contribution is -2.30. The summed E-state index contributed by atoms with van der Waals surface area (Å²) in [6, 6.07) is 14.3. The van der Waals surface area contributed by atoms with Crippen LogP contribution in [0, 0.1) is 13.8 Å². The van der Waals surface area contributed by atoms with Crippen molar-refractivity contribution in [3.63, 3.8) is 0 Å². The summed E-state index contributed by atoms with van der Waals surface area (Å²) in [6.45, 7) is 4.09. The van der Waals surface area contributed by atoms with Crippen LogP contribution in [0.4, 0.5) is 0 Å². The van der Waals surface area contributed by atoms with Crippen molar-refractivity contribution < 1.29 is 8.98 Å². The fourth-order valence-corrected chi connectivity index (χ4v) is 3.19. The minimum absolute atomic E-state index is 0.910. The maximum atomic E-state index is 6.20. The van der Waals surface area contributed by atoms with Crippen LogP contribution >= 0.6 is 0 Å². The van der Waals surface area contributed by atoms with Crippen LogP contribution in [0.15, 0.2) is 53.1 Å². The Morgan fingerprint density at radius 1 is 0.955 bits per heavy atom. The van der Waals surface area contributed by atoms with E-state index in [0.29, 0.717) is 0 Å². The molecule has 1 aromatic carbocycles. The molecule has 0 saturated heterocycles. The molecule has 3 aromatic heterocycles. The zero-order chi connectivity index (χ0) is 15.3. The van der Waals surface area contributed by atoms with Gasteiger partial charge in [0.05, 0.1) is 11.1 Å². The number of hydrogen-bond acceptors (Lipinski definition) is 2. The average molecular weight is 289 g/mol. The van der Waals surface area contributed by atoms with Crippen molar-refractivity contribution in [2.24, 2.45) is 7.05 Å². The normalized spacial score (nSPS) is 11.4. The van der Waals surface area contributed by atoms with E-state index < -0.39 is 0 Å². The molecule has 0 aliphatic rings. The molecule has 0 spiro atoms. The van der Waals surface area contributed by atoms with Crippen molar-refractivity contribution >= 4 is 21.9 Å². The van der Waals surface area contributed by atoms with E-state index in [9.17, 15) is 0 Å². The van der Waals surface area contributed by atoms with Crippen LogP contribution in [0.1, 0.15) is 11.4 Å². The summed E-state index contributed by atoms with van der Waals surface area (Å²) in [7, 11) is 2.04. The Morgan fingerprint density at radius 2 is 1.73 bits per heavy atom. The van der Waals surface area contributed by atoms with Crippen molar-refractivity contribution in [1.82, 2.24) is 4.98 Å². The number of pyridine rings is 2. The van der Waals surface area contributed by atoms with Crippen LogP contribution in [-0.4, -0.2) is 4.98 Å². The molecule has 0 amide bonds. The van der Waals surface area contributed by atoms with Gasteiger partial charge >= 0.3 is 0 Å². The van der Waals surface area contributed by atoms with Gasteiger partial charge in [-0.2, -0.15) is 0 Å². The predicted octanol–water partition coefficient (Wildman–Crippen LogP) is 4.09. The highest BCUT2D eigenvalue weighted by atomic mass is 16.3. The van der Waals surface area contributed by atoms with Gasteiger partial charge in [0, 0.05) is 23.2 Å². The van der Waals surface area contributed by atoms with Gasteiger partial charge < -0.3 is 4.42 Å². The Hall–Kier alpha value is -2.68. The Kier molecular flexibility index (Phi) is 2.76. The molecule has 0 unspecified atom stereocenters. The molecule has 0 N–H and O–H groups in total. The number of rotatable bonds is 1. The Morgan fingerprint density at radius 3 is 2.55 bits per heavy atom. The van der Waals surface area contributed by atoms with Crippen molar-refractivity contribution in [3.8, 4) is 11.3 Å². The van der Waals surface area contributed by atoms with Crippen LogP contribution in [-0.2, 0) is 7.05 Å². The van der Waals surface area contributed by atoms with Gasteiger partial charge in [0.2, 0.25) is 5.69 Å². The number of benzene rings is 1. The van der Waals surface area contributed by atoms with Gasteiger partial charge in [0.25, 0.3) is 0 Å². The summed E-state index contributed by atoms with van der Waals surface area (Å²) in [6.07, 6.45) is 2.04. The SMILES string of the molecule is Cc1nc(C)c2c(oc3ccccc32)c1-c1cccc[n+]1C. The minimum Gasteiger partial charge on any atom is -0.455 e. The van der Waals surface area contributed by atoms with Crippen LogP contribution in [0.25, 0.3) is 33.2 Å². The van der Waals surface area contributed by atoms with Gasteiger partial charge in [-0.3, -0.25) is 4.98 Å². The lowest BCUT2D eigenvalue weighted by Gasteiger charge is -2.06.